The second-order valence-corrected chi connectivity index (χ2v) is 5.34. The van der Waals surface area contributed by atoms with E-state index in [4.69, 9.17) is 4.42 Å². The lowest BCUT2D eigenvalue weighted by Gasteiger charge is -2.06. The Morgan fingerprint density at radius 3 is 2.83 bits per heavy atom. The number of hydrogen-bond acceptors (Lipinski definition) is 3. The minimum absolute atomic E-state index is 0.572. The van der Waals surface area contributed by atoms with Gasteiger partial charge >= 0.3 is 0 Å². The van der Waals surface area contributed by atoms with Crippen LogP contribution in [-0.2, 0) is 6.42 Å². The van der Waals surface area contributed by atoms with E-state index in [0.29, 0.717) is 12.2 Å². The van der Waals surface area contributed by atoms with E-state index in [1.54, 1.807) is 11.3 Å². The minimum atomic E-state index is -0.572. The van der Waals surface area contributed by atoms with Gasteiger partial charge in [0.2, 0.25) is 0 Å². The molecule has 0 fully saturated rings. The van der Waals surface area contributed by atoms with Gasteiger partial charge in [0.05, 0.1) is 0 Å². The summed E-state index contributed by atoms with van der Waals surface area (Å²) in [6, 6.07) is 12.0. The van der Waals surface area contributed by atoms with Gasteiger partial charge in [-0.25, -0.2) is 0 Å². The molecule has 3 heteroatoms. The standard InChI is InChI=1S/C15H14O2S/c1-10-6-7-14(17-10)13(16)8-11-9-18-15-5-3-2-4-12(11)15/h2-7,9,13,16H,8H2,1H3. The van der Waals surface area contributed by atoms with Crippen molar-refractivity contribution in [2.24, 2.45) is 0 Å². The van der Waals surface area contributed by atoms with Gasteiger partial charge in [-0.3, -0.25) is 0 Å². The molecule has 0 spiro atoms. The molecule has 0 radical (unpaired) electrons. The molecule has 1 N–H and O–H groups in total. The van der Waals surface area contributed by atoms with Crippen LogP contribution >= 0.6 is 11.3 Å². The monoisotopic (exact) mass is 258 g/mol. The molecule has 0 aliphatic rings. The molecule has 0 bridgehead atoms. The summed E-state index contributed by atoms with van der Waals surface area (Å²) in [5.74, 6) is 1.47. The second-order valence-electron chi connectivity index (χ2n) is 4.43. The molecule has 0 saturated carbocycles. The van der Waals surface area contributed by atoms with Crippen LogP contribution in [0.1, 0.15) is 23.2 Å². The summed E-state index contributed by atoms with van der Waals surface area (Å²) in [4.78, 5) is 0. The van der Waals surface area contributed by atoms with E-state index in [2.05, 4.69) is 17.5 Å². The summed E-state index contributed by atoms with van der Waals surface area (Å²) >= 11 is 1.71. The summed E-state index contributed by atoms with van der Waals surface area (Å²) < 4.78 is 6.72. The van der Waals surface area contributed by atoms with Crippen LogP contribution < -0.4 is 0 Å². The van der Waals surface area contributed by atoms with Crippen LogP contribution in [0, 0.1) is 6.92 Å². The Morgan fingerprint density at radius 1 is 1.22 bits per heavy atom. The molecule has 1 atom stereocenters. The van der Waals surface area contributed by atoms with E-state index in [1.807, 2.05) is 31.2 Å². The third kappa shape index (κ3) is 2.07. The fraction of sp³-hybridized carbons (Fsp3) is 0.200. The average molecular weight is 258 g/mol. The average Bonchev–Trinajstić information content (AvgIpc) is 2.97. The quantitative estimate of drug-likeness (QED) is 0.768. The molecule has 92 valence electrons. The van der Waals surface area contributed by atoms with Gasteiger partial charge in [-0.15, -0.1) is 11.3 Å². The number of aryl methyl sites for hydroxylation is 1. The Hall–Kier alpha value is -1.58. The third-order valence-corrected chi connectivity index (χ3v) is 4.08. The number of rotatable bonds is 3. The largest absolute Gasteiger partial charge is 0.464 e. The van der Waals surface area contributed by atoms with Gasteiger partial charge in [-0.1, -0.05) is 18.2 Å². The van der Waals surface area contributed by atoms with Crippen molar-refractivity contribution in [3.8, 4) is 0 Å². The van der Waals surface area contributed by atoms with Crippen molar-refractivity contribution in [2.45, 2.75) is 19.4 Å². The highest BCUT2D eigenvalue weighted by Crippen LogP contribution is 2.29. The lowest BCUT2D eigenvalue weighted by atomic mass is 10.1. The first-order valence-corrected chi connectivity index (χ1v) is 6.81. The van der Waals surface area contributed by atoms with Crippen LogP contribution in [0.25, 0.3) is 10.1 Å². The van der Waals surface area contributed by atoms with E-state index in [1.165, 1.54) is 15.6 Å². The molecule has 1 unspecified atom stereocenters. The van der Waals surface area contributed by atoms with Gasteiger partial charge in [0.25, 0.3) is 0 Å². The highest BCUT2D eigenvalue weighted by Gasteiger charge is 2.14. The van der Waals surface area contributed by atoms with Crippen molar-refractivity contribution in [3.63, 3.8) is 0 Å². The van der Waals surface area contributed by atoms with Gasteiger partial charge in [-0.2, -0.15) is 0 Å². The molecule has 0 saturated heterocycles. The first-order valence-electron chi connectivity index (χ1n) is 5.93. The minimum Gasteiger partial charge on any atom is -0.464 e. The first-order chi connectivity index (χ1) is 8.74. The first kappa shape index (κ1) is 11.5. The Labute approximate surface area is 109 Å². The fourth-order valence-corrected chi connectivity index (χ4v) is 3.11. The van der Waals surface area contributed by atoms with Gasteiger partial charge in [0.15, 0.2) is 0 Å². The van der Waals surface area contributed by atoms with Crippen LogP contribution in [0.4, 0.5) is 0 Å². The topological polar surface area (TPSA) is 33.4 Å². The van der Waals surface area contributed by atoms with E-state index >= 15 is 0 Å². The fourth-order valence-electron chi connectivity index (χ4n) is 2.13. The molecule has 0 aliphatic carbocycles. The maximum absolute atomic E-state index is 10.2. The zero-order valence-electron chi connectivity index (χ0n) is 10.1. The smallest absolute Gasteiger partial charge is 0.132 e. The summed E-state index contributed by atoms with van der Waals surface area (Å²) in [6.45, 7) is 1.89. The van der Waals surface area contributed by atoms with Gasteiger partial charge in [0, 0.05) is 11.1 Å². The van der Waals surface area contributed by atoms with E-state index in [0.717, 1.165) is 5.76 Å². The molecule has 3 rings (SSSR count). The number of aliphatic hydroxyl groups is 1. The number of thiophene rings is 1. The summed E-state index contributed by atoms with van der Waals surface area (Å²) in [6.07, 6.45) is 0.0217. The number of benzene rings is 1. The van der Waals surface area contributed by atoms with Crippen LogP contribution in [0.3, 0.4) is 0 Å². The molecule has 18 heavy (non-hydrogen) atoms. The zero-order valence-corrected chi connectivity index (χ0v) is 10.9. The maximum Gasteiger partial charge on any atom is 0.132 e. The lowest BCUT2D eigenvalue weighted by Crippen LogP contribution is -1.99. The normalized spacial score (nSPS) is 13.0. The molecular formula is C15H14O2S. The van der Waals surface area contributed by atoms with Crippen molar-refractivity contribution in [2.75, 3.05) is 0 Å². The van der Waals surface area contributed by atoms with Crippen molar-refractivity contribution in [1.29, 1.82) is 0 Å². The van der Waals surface area contributed by atoms with Crippen LogP contribution in [0.2, 0.25) is 0 Å². The predicted octanol–water partition coefficient (Wildman–Crippen LogP) is 4.08. The number of fused-ring (bicyclic) bond motifs is 1. The lowest BCUT2D eigenvalue weighted by molar-refractivity contribution is 0.149. The predicted molar refractivity (Wildman–Crippen MR) is 73.9 cm³/mol. The second kappa shape index (κ2) is 4.59. The van der Waals surface area contributed by atoms with E-state index < -0.39 is 6.10 Å². The molecule has 0 aliphatic heterocycles. The van der Waals surface area contributed by atoms with Crippen molar-refractivity contribution in [3.05, 3.63) is 58.9 Å². The molecule has 1 aromatic carbocycles. The maximum atomic E-state index is 10.2. The van der Waals surface area contributed by atoms with Crippen LogP contribution in [0.15, 0.2) is 46.2 Å². The summed E-state index contributed by atoms with van der Waals surface area (Å²) in [5.41, 5.74) is 1.18. The van der Waals surface area contributed by atoms with Crippen molar-refractivity contribution >= 4 is 21.4 Å². The highest BCUT2D eigenvalue weighted by atomic mass is 32.1. The number of hydrogen-bond donors (Lipinski definition) is 1. The Bertz CT molecular complexity index is 666. The molecule has 2 heterocycles. The Balaban J connectivity index is 1.88. The Kier molecular flexibility index (Phi) is 2.94. The molecule has 3 aromatic rings. The molecule has 0 amide bonds. The zero-order chi connectivity index (χ0) is 12.5. The Morgan fingerprint density at radius 2 is 2.06 bits per heavy atom. The highest BCUT2D eigenvalue weighted by molar-refractivity contribution is 7.17. The van der Waals surface area contributed by atoms with Crippen LogP contribution in [-0.4, -0.2) is 5.11 Å². The van der Waals surface area contributed by atoms with Gasteiger partial charge in [0.1, 0.15) is 17.6 Å². The van der Waals surface area contributed by atoms with Gasteiger partial charge < -0.3 is 9.52 Å². The molecule has 2 nitrogen and oxygen atoms in total. The molecule has 2 aromatic heterocycles. The molecular weight excluding hydrogens is 244 g/mol. The summed E-state index contributed by atoms with van der Waals surface area (Å²) in [5, 5.41) is 13.5. The SMILES string of the molecule is Cc1ccc(C(O)Cc2csc3ccccc23)o1. The van der Waals surface area contributed by atoms with E-state index in [9.17, 15) is 5.11 Å². The van der Waals surface area contributed by atoms with Crippen LogP contribution in [0.5, 0.6) is 0 Å². The van der Waals surface area contributed by atoms with E-state index in [-0.39, 0.29) is 0 Å². The summed E-state index contributed by atoms with van der Waals surface area (Å²) in [7, 11) is 0. The van der Waals surface area contributed by atoms with Gasteiger partial charge in [-0.05, 0) is 41.5 Å². The number of aliphatic hydroxyl groups excluding tert-OH is 1. The third-order valence-electron chi connectivity index (χ3n) is 3.06. The van der Waals surface area contributed by atoms with Crippen molar-refractivity contribution in [1.82, 2.24) is 0 Å². The van der Waals surface area contributed by atoms with Crippen molar-refractivity contribution < 1.29 is 9.52 Å². The number of furan rings is 1.